The lowest BCUT2D eigenvalue weighted by molar-refractivity contribution is -0.162. The summed E-state index contributed by atoms with van der Waals surface area (Å²) in [6, 6.07) is 17.6. The van der Waals surface area contributed by atoms with Gasteiger partial charge in [0.25, 0.3) is 0 Å². The van der Waals surface area contributed by atoms with Gasteiger partial charge in [0.1, 0.15) is 13.2 Å². The zero-order valence-corrected chi connectivity index (χ0v) is 15.2. The highest BCUT2D eigenvalue weighted by Gasteiger charge is 2.49. The van der Waals surface area contributed by atoms with Crippen LogP contribution in [0.3, 0.4) is 0 Å². The second-order valence-electron chi connectivity index (χ2n) is 5.62. The van der Waals surface area contributed by atoms with E-state index in [-0.39, 0.29) is 13.2 Å². The topological polar surface area (TPSA) is 102 Å². The molecule has 0 fully saturated rings. The Morgan fingerprint density at radius 3 is 1.81 bits per heavy atom. The van der Waals surface area contributed by atoms with E-state index in [1.54, 1.807) is 54.6 Å². The molecule has 0 unspecified atom stereocenters. The summed E-state index contributed by atoms with van der Waals surface area (Å²) in [7, 11) is 0. The lowest BCUT2D eigenvalue weighted by Crippen LogP contribution is -2.62. The van der Waals surface area contributed by atoms with Crippen molar-refractivity contribution >= 4 is 30.7 Å². The van der Waals surface area contributed by atoms with Crippen LogP contribution < -0.4 is 5.32 Å². The lowest BCUT2D eigenvalue weighted by Gasteiger charge is -2.26. The molecule has 8 heteroatoms. The first-order chi connectivity index (χ1) is 13.0. The van der Waals surface area contributed by atoms with Crippen molar-refractivity contribution in [1.82, 2.24) is 5.32 Å². The van der Waals surface area contributed by atoms with Crippen molar-refractivity contribution in [3.8, 4) is 0 Å². The van der Waals surface area contributed by atoms with Crippen LogP contribution in [0.1, 0.15) is 11.1 Å². The number of thiol groups is 1. The van der Waals surface area contributed by atoms with E-state index in [0.717, 1.165) is 0 Å². The largest absolute Gasteiger partial charge is 0.479 e. The van der Waals surface area contributed by atoms with Gasteiger partial charge in [-0.05, 0) is 11.1 Å². The van der Waals surface area contributed by atoms with Gasteiger partial charge in [0.2, 0.25) is 5.54 Å². The van der Waals surface area contributed by atoms with Gasteiger partial charge in [0, 0.05) is 5.75 Å². The molecule has 27 heavy (non-hydrogen) atoms. The third kappa shape index (κ3) is 5.49. The minimum absolute atomic E-state index is 0.0754. The molecule has 0 aliphatic rings. The van der Waals surface area contributed by atoms with Crippen molar-refractivity contribution in [2.75, 3.05) is 5.75 Å². The summed E-state index contributed by atoms with van der Waals surface area (Å²) >= 11 is 3.92. The third-order valence-corrected chi connectivity index (χ3v) is 4.17. The van der Waals surface area contributed by atoms with E-state index in [4.69, 9.17) is 9.47 Å². The highest BCUT2D eigenvalue weighted by Crippen LogP contribution is 2.14. The van der Waals surface area contributed by atoms with Crippen molar-refractivity contribution in [2.24, 2.45) is 0 Å². The number of carbonyl (C=O) groups excluding carboxylic acids is 2. The molecule has 7 nitrogen and oxygen atoms in total. The maximum atomic E-state index is 12.4. The van der Waals surface area contributed by atoms with E-state index in [9.17, 15) is 19.5 Å². The zero-order chi connectivity index (χ0) is 19.7. The Morgan fingerprint density at radius 1 is 0.889 bits per heavy atom. The number of benzene rings is 2. The molecule has 0 aromatic heterocycles. The molecular weight excluding hydrogens is 370 g/mol. The van der Waals surface area contributed by atoms with Gasteiger partial charge < -0.3 is 14.6 Å². The molecule has 2 aromatic rings. The van der Waals surface area contributed by atoms with E-state index >= 15 is 0 Å². The number of hydrogen-bond acceptors (Lipinski definition) is 6. The molecule has 0 saturated heterocycles. The summed E-state index contributed by atoms with van der Waals surface area (Å²) in [5.74, 6) is -3.23. The number of rotatable bonds is 8. The van der Waals surface area contributed by atoms with Gasteiger partial charge in [-0.2, -0.15) is 12.6 Å². The normalized spacial score (nSPS) is 12.5. The fourth-order valence-electron chi connectivity index (χ4n) is 2.14. The Bertz CT molecular complexity index is 783. The van der Waals surface area contributed by atoms with Crippen LogP contribution in [0.2, 0.25) is 0 Å². The molecule has 0 heterocycles. The summed E-state index contributed by atoms with van der Waals surface area (Å²) in [5.41, 5.74) is -0.965. The van der Waals surface area contributed by atoms with Crippen LogP contribution in [0.15, 0.2) is 60.7 Å². The molecule has 2 N–H and O–H groups in total. The van der Waals surface area contributed by atoms with Gasteiger partial charge in [-0.15, -0.1) is 0 Å². The number of hydrogen-bond donors (Lipinski definition) is 3. The highest BCUT2D eigenvalue weighted by atomic mass is 32.1. The molecule has 0 aliphatic carbocycles. The summed E-state index contributed by atoms with van der Waals surface area (Å²) in [6.07, 6.45) is -1.06. The second-order valence-corrected chi connectivity index (χ2v) is 5.93. The molecule has 0 radical (unpaired) electrons. The Labute approximate surface area is 161 Å². The van der Waals surface area contributed by atoms with Gasteiger partial charge in [-0.3, -0.25) is 5.32 Å². The molecule has 2 rings (SSSR count). The number of carbonyl (C=O) groups is 3. The Morgan fingerprint density at radius 2 is 1.37 bits per heavy atom. The lowest BCUT2D eigenvalue weighted by atomic mass is 10.0. The monoisotopic (exact) mass is 389 g/mol. The molecular formula is C19H19NO6S. The quantitative estimate of drug-likeness (QED) is 0.364. The predicted molar refractivity (Wildman–Crippen MR) is 100 cm³/mol. The van der Waals surface area contributed by atoms with Gasteiger partial charge >= 0.3 is 18.0 Å². The first-order valence-electron chi connectivity index (χ1n) is 8.02. The minimum atomic E-state index is -2.36. The summed E-state index contributed by atoms with van der Waals surface area (Å²) < 4.78 is 10.1. The second kappa shape index (κ2) is 9.63. The SMILES string of the molecule is O=C(N[C@@](CS)(C(=O)O)C(=O)OCc1ccccc1)OCc1ccccc1. The molecule has 142 valence electrons. The molecule has 1 atom stereocenters. The van der Waals surface area contributed by atoms with Gasteiger partial charge in [0.15, 0.2) is 0 Å². The predicted octanol–water partition coefficient (Wildman–Crippen LogP) is 2.41. The Kier molecular flexibility index (Phi) is 7.25. The average molecular weight is 389 g/mol. The first kappa shape index (κ1) is 20.3. The van der Waals surface area contributed by atoms with Crippen molar-refractivity contribution in [3.05, 3.63) is 71.8 Å². The van der Waals surface area contributed by atoms with Crippen molar-refractivity contribution in [3.63, 3.8) is 0 Å². The summed E-state index contributed by atoms with van der Waals surface area (Å²) in [5, 5.41) is 11.6. The Balaban J connectivity index is 2.02. The molecule has 0 bridgehead atoms. The highest BCUT2D eigenvalue weighted by molar-refractivity contribution is 7.80. The number of alkyl carbamates (subject to hydrolysis) is 1. The number of aliphatic carboxylic acids is 1. The summed E-state index contributed by atoms with van der Waals surface area (Å²) in [6.45, 7) is -0.211. The van der Waals surface area contributed by atoms with Crippen molar-refractivity contribution < 1.29 is 29.0 Å². The smallest absolute Gasteiger partial charge is 0.408 e. The fourth-order valence-corrected chi connectivity index (χ4v) is 2.49. The number of esters is 1. The standard InChI is InChI=1S/C19H19NO6S/c21-16(22)19(13-27,17(23)25-11-14-7-3-1-4-8-14)20-18(24)26-12-15-9-5-2-6-10-15/h1-10,27H,11-13H2,(H,20,24)(H,21,22)/t19-/m0/s1. The van der Waals surface area contributed by atoms with E-state index in [1.165, 1.54) is 0 Å². The minimum Gasteiger partial charge on any atom is -0.479 e. The van der Waals surface area contributed by atoms with Crippen LogP contribution in [0, 0.1) is 0 Å². The van der Waals surface area contributed by atoms with E-state index < -0.39 is 29.3 Å². The van der Waals surface area contributed by atoms with Crippen LogP contribution >= 0.6 is 12.6 Å². The van der Waals surface area contributed by atoms with Crippen LogP contribution in [0.4, 0.5) is 4.79 Å². The maximum absolute atomic E-state index is 12.4. The molecule has 0 saturated carbocycles. The average Bonchev–Trinajstić information content (AvgIpc) is 2.70. The van der Waals surface area contributed by atoms with Crippen LogP contribution in [-0.2, 0) is 32.3 Å². The summed E-state index contributed by atoms with van der Waals surface area (Å²) in [4.78, 5) is 36.1. The van der Waals surface area contributed by atoms with E-state index in [2.05, 4.69) is 17.9 Å². The van der Waals surface area contributed by atoms with E-state index in [1.807, 2.05) is 6.07 Å². The number of carboxylic acid groups (broad SMARTS) is 1. The van der Waals surface area contributed by atoms with Gasteiger partial charge in [-0.1, -0.05) is 60.7 Å². The number of ether oxygens (including phenoxy) is 2. The first-order valence-corrected chi connectivity index (χ1v) is 8.65. The number of amides is 1. The van der Waals surface area contributed by atoms with Crippen LogP contribution in [-0.4, -0.2) is 34.4 Å². The fraction of sp³-hybridized carbons (Fsp3) is 0.211. The Hall–Kier alpha value is -3.00. The van der Waals surface area contributed by atoms with E-state index in [0.29, 0.717) is 11.1 Å². The van der Waals surface area contributed by atoms with Crippen LogP contribution in [0.25, 0.3) is 0 Å². The number of nitrogens with one attached hydrogen (secondary N) is 1. The maximum Gasteiger partial charge on any atom is 0.408 e. The van der Waals surface area contributed by atoms with Gasteiger partial charge in [-0.25, -0.2) is 14.4 Å². The number of carboxylic acids is 1. The molecule has 0 spiro atoms. The third-order valence-electron chi connectivity index (χ3n) is 3.69. The zero-order valence-electron chi connectivity index (χ0n) is 14.3. The van der Waals surface area contributed by atoms with Crippen molar-refractivity contribution in [2.45, 2.75) is 18.8 Å². The molecule has 2 aromatic carbocycles. The molecule has 1 amide bonds. The van der Waals surface area contributed by atoms with Gasteiger partial charge in [0.05, 0.1) is 0 Å². The van der Waals surface area contributed by atoms with Crippen LogP contribution in [0.5, 0.6) is 0 Å². The van der Waals surface area contributed by atoms with Crippen molar-refractivity contribution in [1.29, 1.82) is 0 Å². The molecule has 0 aliphatic heterocycles.